The number of thioether (sulfide) groups is 1. The smallest absolute Gasteiger partial charge is 0.267 e. The summed E-state index contributed by atoms with van der Waals surface area (Å²) in [6.07, 6.45) is 3.00. The number of halogens is 1. The molecule has 142 valence electrons. The van der Waals surface area contributed by atoms with Gasteiger partial charge in [-0.15, -0.1) is 11.3 Å². The third-order valence-electron chi connectivity index (χ3n) is 4.94. The lowest BCUT2D eigenvalue weighted by atomic mass is 9.89. The Bertz CT molecular complexity index is 1050. The van der Waals surface area contributed by atoms with Crippen LogP contribution in [0, 0.1) is 17.7 Å². The van der Waals surface area contributed by atoms with E-state index in [0.717, 1.165) is 35.4 Å². The Hall–Kier alpha value is -1.66. The standard InChI is InChI=1S/C21H23FN2OS2/c1-12(2)11-26-21-23-19-18(14-9-8-13(3)10-17(14)27-19)20(25)24(21)16-7-5-4-6-15(16)22/h4-7,12-13H,8-11H2,1-3H3. The molecule has 0 amide bonds. The van der Waals surface area contributed by atoms with Crippen molar-refractivity contribution in [1.29, 1.82) is 0 Å². The van der Waals surface area contributed by atoms with Crippen LogP contribution in [-0.2, 0) is 12.8 Å². The van der Waals surface area contributed by atoms with E-state index in [2.05, 4.69) is 20.8 Å². The van der Waals surface area contributed by atoms with E-state index in [4.69, 9.17) is 4.98 Å². The first-order chi connectivity index (χ1) is 13.0. The quantitative estimate of drug-likeness (QED) is 0.429. The number of fused-ring (bicyclic) bond motifs is 3. The minimum Gasteiger partial charge on any atom is -0.268 e. The van der Waals surface area contributed by atoms with Crippen LogP contribution < -0.4 is 5.56 Å². The highest BCUT2D eigenvalue weighted by Crippen LogP contribution is 2.37. The molecule has 0 N–H and O–H groups in total. The van der Waals surface area contributed by atoms with Crippen LogP contribution in [0.25, 0.3) is 15.9 Å². The molecule has 1 aliphatic rings. The van der Waals surface area contributed by atoms with Gasteiger partial charge >= 0.3 is 0 Å². The van der Waals surface area contributed by atoms with E-state index in [9.17, 15) is 9.18 Å². The molecule has 0 bridgehead atoms. The summed E-state index contributed by atoms with van der Waals surface area (Å²) in [4.78, 5) is 20.4. The van der Waals surface area contributed by atoms with Gasteiger partial charge in [0.1, 0.15) is 10.6 Å². The van der Waals surface area contributed by atoms with Gasteiger partial charge in [0.25, 0.3) is 5.56 Å². The predicted molar refractivity (Wildman–Crippen MR) is 112 cm³/mol. The van der Waals surface area contributed by atoms with E-state index >= 15 is 0 Å². The number of para-hydroxylation sites is 1. The highest BCUT2D eigenvalue weighted by atomic mass is 32.2. The summed E-state index contributed by atoms with van der Waals surface area (Å²) in [5.41, 5.74) is 1.28. The number of aryl methyl sites for hydroxylation is 1. The van der Waals surface area contributed by atoms with Gasteiger partial charge in [-0.2, -0.15) is 0 Å². The van der Waals surface area contributed by atoms with Gasteiger partial charge in [-0.3, -0.25) is 9.36 Å². The molecule has 1 atom stereocenters. The fourth-order valence-electron chi connectivity index (χ4n) is 3.55. The second kappa shape index (κ2) is 7.40. The number of hydrogen-bond acceptors (Lipinski definition) is 4. The highest BCUT2D eigenvalue weighted by molar-refractivity contribution is 7.99. The van der Waals surface area contributed by atoms with Gasteiger partial charge < -0.3 is 0 Å². The van der Waals surface area contributed by atoms with Crippen molar-refractivity contribution in [1.82, 2.24) is 9.55 Å². The van der Waals surface area contributed by atoms with Crippen LogP contribution in [0.1, 0.15) is 37.6 Å². The summed E-state index contributed by atoms with van der Waals surface area (Å²) in [5, 5.41) is 1.27. The molecule has 0 aliphatic heterocycles. The Morgan fingerprint density at radius 1 is 1.37 bits per heavy atom. The normalized spacial score (nSPS) is 16.9. The summed E-state index contributed by atoms with van der Waals surface area (Å²) < 4.78 is 16.0. The molecule has 1 unspecified atom stereocenters. The van der Waals surface area contributed by atoms with Crippen LogP contribution in [0.3, 0.4) is 0 Å². The van der Waals surface area contributed by atoms with E-state index in [1.54, 1.807) is 29.5 Å². The van der Waals surface area contributed by atoms with Gasteiger partial charge in [0, 0.05) is 10.6 Å². The summed E-state index contributed by atoms with van der Waals surface area (Å²) in [6.45, 7) is 6.51. The molecule has 6 heteroatoms. The van der Waals surface area contributed by atoms with Crippen molar-refractivity contribution in [2.45, 2.75) is 45.2 Å². The Kier molecular flexibility index (Phi) is 5.12. The molecule has 1 aromatic carbocycles. The van der Waals surface area contributed by atoms with E-state index in [0.29, 0.717) is 22.4 Å². The van der Waals surface area contributed by atoms with Crippen LogP contribution in [-0.4, -0.2) is 15.3 Å². The fraction of sp³-hybridized carbons (Fsp3) is 0.429. The van der Waals surface area contributed by atoms with E-state index in [1.807, 2.05) is 0 Å². The average Bonchev–Trinajstić information content (AvgIpc) is 2.98. The largest absolute Gasteiger partial charge is 0.268 e. The van der Waals surface area contributed by atoms with Crippen molar-refractivity contribution in [3.05, 3.63) is 50.9 Å². The van der Waals surface area contributed by atoms with Gasteiger partial charge in [-0.1, -0.05) is 44.7 Å². The van der Waals surface area contributed by atoms with E-state index < -0.39 is 5.82 Å². The maximum atomic E-state index is 14.6. The number of thiophene rings is 1. The number of hydrogen-bond donors (Lipinski definition) is 0. The van der Waals surface area contributed by atoms with Crippen LogP contribution in [0.5, 0.6) is 0 Å². The SMILES string of the molecule is CC(C)CSc1nc2sc3c(c2c(=O)n1-c1ccccc1F)CCC(C)C3. The lowest BCUT2D eigenvalue weighted by Gasteiger charge is -2.18. The van der Waals surface area contributed by atoms with Crippen LogP contribution in [0.2, 0.25) is 0 Å². The molecule has 4 rings (SSSR count). The van der Waals surface area contributed by atoms with Gasteiger partial charge in [0.15, 0.2) is 5.16 Å². The van der Waals surface area contributed by atoms with Gasteiger partial charge in [0.05, 0.1) is 11.1 Å². The van der Waals surface area contributed by atoms with Gasteiger partial charge in [-0.25, -0.2) is 9.37 Å². The van der Waals surface area contributed by atoms with Gasteiger partial charge in [0.2, 0.25) is 0 Å². The summed E-state index contributed by atoms with van der Waals surface area (Å²) in [5.74, 6) is 1.52. The third kappa shape index (κ3) is 3.45. The monoisotopic (exact) mass is 402 g/mol. The first-order valence-corrected chi connectivity index (χ1v) is 11.2. The Labute approximate surface area is 166 Å². The minimum absolute atomic E-state index is 0.136. The summed E-state index contributed by atoms with van der Waals surface area (Å²) in [6, 6.07) is 6.46. The lowest BCUT2D eigenvalue weighted by molar-refractivity contribution is 0.509. The molecule has 0 saturated carbocycles. The minimum atomic E-state index is -0.398. The molecule has 2 aromatic heterocycles. The zero-order valence-electron chi connectivity index (χ0n) is 15.8. The fourth-order valence-corrected chi connectivity index (χ4v) is 5.93. The lowest BCUT2D eigenvalue weighted by Crippen LogP contribution is -2.23. The van der Waals surface area contributed by atoms with Crippen LogP contribution in [0.4, 0.5) is 4.39 Å². The summed E-state index contributed by atoms with van der Waals surface area (Å²) in [7, 11) is 0. The number of aromatic nitrogens is 2. The number of rotatable bonds is 4. The molecule has 27 heavy (non-hydrogen) atoms. The third-order valence-corrected chi connectivity index (χ3v) is 7.45. The molecule has 0 saturated heterocycles. The molecule has 0 spiro atoms. The maximum absolute atomic E-state index is 14.6. The van der Waals surface area contributed by atoms with Crippen molar-refractivity contribution in [2.24, 2.45) is 11.8 Å². The molecule has 3 aromatic rings. The molecule has 0 fully saturated rings. The number of nitrogens with zero attached hydrogens (tertiary/aromatic N) is 2. The van der Waals surface area contributed by atoms with Crippen molar-refractivity contribution >= 4 is 33.3 Å². The van der Waals surface area contributed by atoms with Crippen LogP contribution in [0.15, 0.2) is 34.2 Å². The first-order valence-electron chi connectivity index (χ1n) is 9.40. The molecular formula is C21H23FN2OS2. The first kappa shape index (κ1) is 18.7. The average molecular weight is 403 g/mol. The zero-order chi connectivity index (χ0) is 19.1. The van der Waals surface area contributed by atoms with Crippen molar-refractivity contribution in [3.8, 4) is 5.69 Å². The molecule has 1 aliphatic carbocycles. The van der Waals surface area contributed by atoms with Crippen molar-refractivity contribution in [3.63, 3.8) is 0 Å². The molecule has 2 heterocycles. The Balaban J connectivity index is 1.98. The molecule has 3 nitrogen and oxygen atoms in total. The predicted octanol–water partition coefficient (Wildman–Crippen LogP) is 5.46. The van der Waals surface area contributed by atoms with Crippen LogP contribution >= 0.6 is 23.1 Å². The Morgan fingerprint density at radius 2 is 2.15 bits per heavy atom. The maximum Gasteiger partial charge on any atom is 0.267 e. The topological polar surface area (TPSA) is 34.9 Å². The molecular weight excluding hydrogens is 379 g/mol. The highest BCUT2D eigenvalue weighted by Gasteiger charge is 2.25. The zero-order valence-corrected chi connectivity index (χ0v) is 17.4. The molecule has 0 radical (unpaired) electrons. The summed E-state index contributed by atoms with van der Waals surface area (Å²) >= 11 is 3.17. The number of benzene rings is 1. The van der Waals surface area contributed by atoms with Crippen molar-refractivity contribution < 1.29 is 4.39 Å². The second-order valence-electron chi connectivity index (χ2n) is 7.72. The van der Waals surface area contributed by atoms with E-state index in [1.165, 1.54) is 27.3 Å². The van der Waals surface area contributed by atoms with Crippen molar-refractivity contribution in [2.75, 3.05) is 5.75 Å². The van der Waals surface area contributed by atoms with E-state index in [-0.39, 0.29) is 11.2 Å². The second-order valence-corrected chi connectivity index (χ2v) is 9.79. The Morgan fingerprint density at radius 3 is 2.89 bits per heavy atom. The van der Waals surface area contributed by atoms with Gasteiger partial charge in [-0.05, 0) is 48.8 Å².